The van der Waals surface area contributed by atoms with Gasteiger partial charge in [-0.05, 0) is 44.7 Å². The fraction of sp³-hybridized carbons (Fsp3) is 0.632. The molecular weight excluding hydrogens is 332 g/mol. The largest absolute Gasteiger partial charge is 0.466 e. The van der Waals surface area contributed by atoms with Crippen molar-refractivity contribution in [1.29, 1.82) is 0 Å². The number of carbonyl (C=O) groups is 2. The predicted octanol–water partition coefficient (Wildman–Crippen LogP) is 3.32. The Kier molecular flexibility index (Phi) is 8.72. The van der Waals surface area contributed by atoms with Crippen molar-refractivity contribution in [2.75, 3.05) is 36.5 Å². The van der Waals surface area contributed by atoms with E-state index >= 15 is 0 Å². The van der Waals surface area contributed by atoms with E-state index in [0.717, 1.165) is 44.6 Å². The van der Waals surface area contributed by atoms with Crippen LogP contribution in [-0.4, -0.2) is 43.2 Å². The zero-order chi connectivity index (χ0) is 18.6. The molecule has 0 radical (unpaired) electrons. The van der Waals surface area contributed by atoms with Gasteiger partial charge in [-0.25, -0.2) is 9.78 Å². The molecule has 2 amide bonds. The van der Waals surface area contributed by atoms with E-state index in [1.54, 1.807) is 6.20 Å². The number of hydrogen-bond acceptors (Lipinski definition) is 5. The first-order valence-electron chi connectivity index (χ1n) is 9.60. The highest BCUT2D eigenvalue weighted by Gasteiger charge is 2.13. The summed E-state index contributed by atoms with van der Waals surface area (Å²) in [5.41, 5.74) is 0.694. The zero-order valence-electron chi connectivity index (χ0n) is 15.6. The molecule has 7 heteroatoms. The van der Waals surface area contributed by atoms with Crippen molar-refractivity contribution >= 4 is 23.5 Å². The van der Waals surface area contributed by atoms with Gasteiger partial charge in [-0.15, -0.1) is 0 Å². The highest BCUT2D eigenvalue weighted by atomic mass is 16.5. The fourth-order valence-electron chi connectivity index (χ4n) is 2.95. The Bertz CT molecular complexity index is 556. The van der Waals surface area contributed by atoms with Crippen LogP contribution in [0.4, 0.5) is 16.3 Å². The summed E-state index contributed by atoms with van der Waals surface area (Å²) in [4.78, 5) is 29.8. The Morgan fingerprint density at radius 3 is 2.62 bits per heavy atom. The molecule has 2 rings (SSSR count). The number of unbranched alkanes of at least 4 members (excludes halogenated alkanes) is 3. The second-order valence-electron chi connectivity index (χ2n) is 6.45. The molecule has 0 spiro atoms. The Morgan fingerprint density at radius 1 is 1.15 bits per heavy atom. The minimum atomic E-state index is -0.216. The van der Waals surface area contributed by atoms with E-state index in [-0.39, 0.29) is 12.0 Å². The molecular formula is C19H30N4O3. The highest BCUT2D eigenvalue weighted by Crippen LogP contribution is 2.18. The number of anilines is 2. The number of nitrogens with zero attached hydrogens (tertiary/aromatic N) is 2. The molecule has 1 fully saturated rings. The lowest BCUT2D eigenvalue weighted by molar-refractivity contribution is -0.143. The van der Waals surface area contributed by atoms with Gasteiger partial charge in [-0.2, -0.15) is 0 Å². The first-order valence-corrected chi connectivity index (χ1v) is 9.60. The predicted molar refractivity (Wildman–Crippen MR) is 102 cm³/mol. The lowest BCUT2D eigenvalue weighted by atomic mass is 10.1. The smallest absolute Gasteiger partial charge is 0.319 e. The van der Waals surface area contributed by atoms with Crippen LogP contribution in [0.2, 0.25) is 0 Å². The summed E-state index contributed by atoms with van der Waals surface area (Å²) in [7, 11) is 0. The fourth-order valence-corrected chi connectivity index (χ4v) is 2.95. The van der Waals surface area contributed by atoms with Gasteiger partial charge in [-0.3, -0.25) is 4.79 Å². The summed E-state index contributed by atoms with van der Waals surface area (Å²) in [6.45, 7) is 4.98. The summed E-state index contributed by atoms with van der Waals surface area (Å²) < 4.78 is 4.88. The minimum Gasteiger partial charge on any atom is -0.466 e. The highest BCUT2D eigenvalue weighted by molar-refractivity contribution is 5.89. The molecule has 144 valence electrons. The molecule has 0 unspecified atom stereocenters. The number of pyridine rings is 1. The van der Waals surface area contributed by atoms with Gasteiger partial charge in [0, 0.05) is 26.1 Å². The summed E-state index contributed by atoms with van der Waals surface area (Å²) >= 11 is 0. The molecule has 1 saturated heterocycles. The Hall–Kier alpha value is -2.31. The number of aromatic nitrogens is 1. The van der Waals surface area contributed by atoms with Gasteiger partial charge in [0.1, 0.15) is 5.82 Å². The summed E-state index contributed by atoms with van der Waals surface area (Å²) in [5, 5.41) is 5.64. The molecule has 1 aliphatic heterocycles. The standard InChI is InChI=1S/C19H30N4O3/c1-2-26-18(24)9-5-3-4-6-12-20-19(25)22-16-10-11-17(21-15-16)23-13-7-8-14-23/h10-11,15H,2-9,12-14H2,1H3,(H2,20,22,25). The third-order valence-electron chi connectivity index (χ3n) is 4.33. The second-order valence-corrected chi connectivity index (χ2v) is 6.45. The van der Waals surface area contributed by atoms with E-state index < -0.39 is 0 Å². The maximum atomic E-state index is 11.9. The number of ether oxygens (including phenoxy) is 1. The number of rotatable bonds is 10. The van der Waals surface area contributed by atoms with Crippen LogP contribution in [-0.2, 0) is 9.53 Å². The van der Waals surface area contributed by atoms with Crippen LogP contribution in [0.3, 0.4) is 0 Å². The summed E-state index contributed by atoms with van der Waals surface area (Å²) in [6, 6.07) is 3.62. The maximum absolute atomic E-state index is 11.9. The minimum absolute atomic E-state index is 0.130. The first-order chi connectivity index (χ1) is 12.7. The molecule has 1 aromatic heterocycles. The lowest BCUT2D eigenvalue weighted by Gasteiger charge is -2.16. The van der Waals surface area contributed by atoms with Gasteiger partial charge in [0.15, 0.2) is 0 Å². The normalized spacial score (nSPS) is 13.5. The Balaban J connectivity index is 1.54. The van der Waals surface area contributed by atoms with E-state index in [0.29, 0.717) is 25.3 Å². The van der Waals surface area contributed by atoms with Crippen molar-refractivity contribution in [3.8, 4) is 0 Å². The van der Waals surface area contributed by atoms with Crippen LogP contribution in [0.15, 0.2) is 18.3 Å². The van der Waals surface area contributed by atoms with Crippen molar-refractivity contribution in [3.63, 3.8) is 0 Å². The number of amides is 2. The summed E-state index contributed by atoms with van der Waals surface area (Å²) in [5.74, 6) is 0.839. The molecule has 7 nitrogen and oxygen atoms in total. The van der Waals surface area contributed by atoms with Crippen molar-refractivity contribution < 1.29 is 14.3 Å². The average Bonchev–Trinajstić information content (AvgIpc) is 3.16. The molecule has 26 heavy (non-hydrogen) atoms. The molecule has 0 saturated carbocycles. The quantitative estimate of drug-likeness (QED) is 0.493. The number of esters is 1. The molecule has 0 bridgehead atoms. The Morgan fingerprint density at radius 2 is 1.92 bits per heavy atom. The second kappa shape index (κ2) is 11.3. The first kappa shape index (κ1) is 20.0. The summed E-state index contributed by atoms with van der Waals surface area (Å²) in [6.07, 6.45) is 8.27. The van der Waals surface area contributed by atoms with Gasteiger partial charge in [0.25, 0.3) is 0 Å². The van der Waals surface area contributed by atoms with Crippen LogP contribution in [0.1, 0.15) is 51.9 Å². The monoisotopic (exact) mass is 362 g/mol. The zero-order valence-corrected chi connectivity index (χ0v) is 15.6. The molecule has 2 heterocycles. The molecule has 2 N–H and O–H groups in total. The van der Waals surface area contributed by atoms with Gasteiger partial charge in [0.2, 0.25) is 0 Å². The van der Waals surface area contributed by atoms with Crippen molar-refractivity contribution in [1.82, 2.24) is 10.3 Å². The van der Waals surface area contributed by atoms with E-state index in [9.17, 15) is 9.59 Å². The van der Waals surface area contributed by atoms with E-state index in [2.05, 4.69) is 20.5 Å². The molecule has 0 atom stereocenters. The average molecular weight is 362 g/mol. The van der Waals surface area contributed by atoms with Gasteiger partial charge in [0.05, 0.1) is 18.5 Å². The molecule has 0 aromatic carbocycles. The van der Waals surface area contributed by atoms with Gasteiger partial charge in [-0.1, -0.05) is 12.8 Å². The van der Waals surface area contributed by atoms with Crippen LogP contribution in [0, 0.1) is 0 Å². The lowest BCUT2D eigenvalue weighted by Crippen LogP contribution is -2.29. The van der Waals surface area contributed by atoms with Crippen LogP contribution < -0.4 is 15.5 Å². The van der Waals surface area contributed by atoms with E-state index in [4.69, 9.17) is 4.74 Å². The van der Waals surface area contributed by atoms with Gasteiger partial charge < -0.3 is 20.3 Å². The molecule has 1 aliphatic rings. The topological polar surface area (TPSA) is 83.6 Å². The van der Waals surface area contributed by atoms with Crippen molar-refractivity contribution in [2.24, 2.45) is 0 Å². The number of carbonyl (C=O) groups excluding carboxylic acids is 2. The van der Waals surface area contributed by atoms with Crippen LogP contribution >= 0.6 is 0 Å². The number of nitrogens with one attached hydrogen (secondary N) is 2. The SMILES string of the molecule is CCOC(=O)CCCCCCNC(=O)Nc1ccc(N2CCCC2)nc1. The van der Waals surface area contributed by atoms with Crippen molar-refractivity contribution in [2.45, 2.75) is 51.9 Å². The third-order valence-corrected chi connectivity index (χ3v) is 4.33. The number of hydrogen-bond donors (Lipinski definition) is 2. The van der Waals surface area contributed by atoms with Crippen LogP contribution in [0.5, 0.6) is 0 Å². The third kappa shape index (κ3) is 7.29. The Labute approximate surface area is 155 Å². The van der Waals surface area contributed by atoms with E-state index in [1.165, 1.54) is 12.8 Å². The van der Waals surface area contributed by atoms with Crippen molar-refractivity contribution in [3.05, 3.63) is 18.3 Å². The van der Waals surface area contributed by atoms with E-state index in [1.807, 2.05) is 19.1 Å². The van der Waals surface area contributed by atoms with Crippen LogP contribution in [0.25, 0.3) is 0 Å². The van der Waals surface area contributed by atoms with Gasteiger partial charge >= 0.3 is 12.0 Å². The maximum Gasteiger partial charge on any atom is 0.319 e. The number of urea groups is 1. The molecule has 1 aromatic rings. The molecule has 0 aliphatic carbocycles.